The van der Waals surface area contributed by atoms with E-state index in [0.29, 0.717) is 17.1 Å². The van der Waals surface area contributed by atoms with Crippen LogP contribution >= 0.6 is 23.1 Å². The molecule has 9 heteroatoms. The number of nitrogens with zero attached hydrogens (tertiary/aromatic N) is 3. The molecule has 6 nitrogen and oxygen atoms in total. The van der Waals surface area contributed by atoms with Gasteiger partial charge in [-0.25, -0.2) is 14.6 Å². The predicted molar refractivity (Wildman–Crippen MR) is 109 cm³/mol. The van der Waals surface area contributed by atoms with Crippen LogP contribution in [0.2, 0.25) is 0 Å². The molecule has 5 atom stereocenters. The lowest BCUT2D eigenvalue weighted by molar-refractivity contribution is 0.265. The first-order valence-corrected chi connectivity index (χ1v) is 12.5. The van der Waals surface area contributed by atoms with Gasteiger partial charge in [0, 0.05) is 28.7 Å². The van der Waals surface area contributed by atoms with Crippen molar-refractivity contribution < 1.29 is 4.21 Å². The molecule has 1 saturated heterocycles. The number of fused-ring (bicyclic) bond motifs is 2. The topological polar surface area (TPSA) is 71.8 Å². The van der Waals surface area contributed by atoms with Crippen LogP contribution < -0.4 is 10.7 Å². The standard InChI is InChI=1S/C18H21N5OS3/c1-9-20-8-13-11-7-12(16-19-5-6-25-16)21-17-14(11)15(22-23(9)13)18(26-17)27(24)10-3-2-4-10/h5-6,8,10-12,14,17,21-22H,2-4,7H2,1H3. The minimum Gasteiger partial charge on any atom is -0.295 e. The summed E-state index contributed by atoms with van der Waals surface area (Å²) in [7, 11) is -0.907. The van der Waals surface area contributed by atoms with Gasteiger partial charge in [-0.3, -0.25) is 15.0 Å². The number of thiazole rings is 1. The van der Waals surface area contributed by atoms with Gasteiger partial charge in [0.2, 0.25) is 0 Å². The SMILES string of the molecule is Cc1ncc2n1NC1=C(S(=O)C3CCC3)SC3NC(c4nccs4)CC2C13. The molecule has 2 fully saturated rings. The lowest BCUT2D eigenvalue weighted by Crippen LogP contribution is -2.48. The van der Waals surface area contributed by atoms with E-state index in [1.54, 1.807) is 23.1 Å². The van der Waals surface area contributed by atoms with E-state index < -0.39 is 10.8 Å². The average molecular weight is 420 g/mol. The number of rotatable bonds is 3. The first kappa shape index (κ1) is 16.8. The van der Waals surface area contributed by atoms with E-state index in [-0.39, 0.29) is 11.4 Å². The lowest BCUT2D eigenvalue weighted by Gasteiger charge is -2.42. The predicted octanol–water partition coefficient (Wildman–Crippen LogP) is 3.18. The summed E-state index contributed by atoms with van der Waals surface area (Å²) in [6.45, 7) is 2.03. The molecule has 0 radical (unpaired) electrons. The zero-order valence-corrected chi connectivity index (χ0v) is 17.4. The fourth-order valence-electron chi connectivity index (χ4n) is 4.64. The molecule has 0 bridgehead atoms. The maximum Gasteiger partial charge on any atom is 0.124 e. The van der Waals surface area contributed by atoms with Gasteiger partial charge in [-0.1, -0.05) is 18.2 Å². The molecular weight excluding hydrogens is 398 g/mol. The number of hydrogen-bond donors (Lipinski definition) is 2. The van der Waals surface area contributed by atoms with Crippen molar-refractivity contribution in [1.82, 2.24) is 20.0 Å². The van der Waals surface area contributed by atoms with E-state index in [4.69, 9.17) is 0 Å². The first-order chi connectivity index (χ1) is 13.2. The van der Waals surface area contributed by atoms with Gasteiger partial charge >= 0.3 is 0 Å². The molecule has 2 N–H and O–H groups in total. The van der Waals surface area contributed by atoms with Gasteiger partial charge in [0.1, 0.15) is 10.8 Å². The molecule has 4 aliphatic rings. The van der Waals surface area contributed by atoms with Crippen molar-refractivity contribution in [3.63, 3.8) is 0 Å². The molecule has 2 aromatic heterocycles. The summed E-state index contributed by atoms with van der Waals surface area (Å²) in [5.74, 6) is 1.65. The molecular formula is C18H21N5OS3. The quantitative estimate of drug-likeness (QED) is 0.796. The van der Waals surface area contributed by atoms with Gasteiger partial charge < -0.3 is 0 Å². The monoisotopic (exact) mass is 419 g/mol. The van der Waals surface area contributed by atoms with Crippen LogP contribution in [0.5, 0.6) is 0 Å². The largest absolute Gasteiger partial charge is 0.295 e. The van der Waals surface area contributed by atoms with Crippen molar-refractivity contribution in [2.75, 3.05) is 5.43 Å². The van der Waals surface area contributed by atoms with E-state index >= 15 is 0 Å². The molecule has 0 spiro atoms. The Bertz CT molecular complexity index is 948. The zero-order chi connectivity index (χ0) is 18.1. The highest BCUT2D eigenvalue weighted by Crippen LogP contribution is 2.56. The summed E-state index contributed by atoms with van der Waals surface area (Å²) < 4.78 is 16.4. The van der Waals surface area contributed by atoms with E-state index in [1.807, 2.05) is 24.7 Å². The number of piperidine rings is 1. The van der Waals surface area contributed by atoms with E-state index in [2.05, 4.69) is 25.4 Å². The van der Waals surface area contributed by atoms with Gasteiger partial charge in [0.25, 0.3) is 0 Å². The second-order valence-corrected chi connectivity index (χ2v) is 11.7. The van der Waals surface area contributed by atoms with Crippen LogP contribution in [-0.4, -0.2) is 29.5 Å². The lowest BCUT2D eigenvalue weighted by atomic mass is 9.78. The van der Waals surface area contributed by atoms with Crippen LogP contribution in [0, 0.1) is 12.8 Å². The Balaban J connectivity index is 1.44. The van der Waals surface area contributed by atoms with Crippen LogP contribution in [0.4, 0.5) is 0 Å². The average Bonchev–Trinajstić information content (AvgIpc) is 3.34. The highest BCUT2D eigenvalue weighted by atomic mass is 32.2. The minimum atomic E-state index is -0.907. The number of aromatic nitrogens is 3. The Morgan fingerprint density at radius 2 is 2.22 bits per heavy atom. The summed E-state index contributed by atoms with van der Waals surface area (Å²) >= 11 is 3.50. The summed E-state index contributed by atoms with van der Waals surface area (Å²) in [6.07, 6.45) is 8.28. The summed E-state index contributed by atoms with van der Waals surface area (Å²) in [5, 5.41) is 7.57. The molecule has 1 saturated carbocycles. The van der Waals surface area contributed by atoms with Crippen molar-refractivity contribution >= 4 is 33.9 Å². The van der Waals surface area contributed by atoms with Gasteiger partial charge in [-0.2, -0.15) is 0 Å². The molecule has 0 aromatic carbocycles. The Hall–Kier alpha value is -1.16. The van der Waals surface area contributed by atoms with Crippen molar-refractivity contribution in [2.45, 2.75) is 55.2 Å². The van der Waals surface area contributed by atoms with Gasteiger partial charge in [0.05, 0.1) is 44.0 Å². The third kappa shape index (κ3) is 2.44. The highest BCUT2D eigenvalue weighted by molar-refractivity contribution is 8.17. The van der Waals surface area contributed by atoms with Crippen LogP contribution in [0.25, 0.3) is 0 Å². The highest BCUT2D eigenvalue weighted by Gasteiger charge is 2.52. The number of nitrogens with one attached hydrogen (secondary N) is 2. The molecule has 2 aromatic rings. The second kappa shape index (κ2) is 6.17. The molecule has 27 heavy (non-hydrogen) atoms. The molecule has 1 aliphatic carbocycles. The van der Waals surface area contributed by atoms with E-state index in [9.17, 15) is 4.21 Å². The second-order valence-electron chi connectivity index (χ2n) is 7.72. The fourth-order valence-corrected chi connectivity index (χ4v) is 9.16. The molecule has 6 rings (SSSR count). The van der Waals surface area contributed by atoms with Gasteiger partial charge in [0.15, 0.2) is 0 Å². The molecule has 0 amide bonds. The first-order valence-electron chi connectivity index (χ1n) is 9.49. The van der Waals surface area contributed by atoms with Crippen LogP contribution in [0.15, 0.2) is 27.7 Å². The summed E-state index contributed by atoms with van der Waals surface area (Å²) in [4.78, 5) is 9.12. The summed E-state index contributed by atoms with van der Waals surface area (Å²) in [6, 6.07) is 0.239. The smallest absolute Gasteiger partial charge is 0.124 e. The molecule has 5 unspecified atom stereocenters. The summed E-state index contributed by atoms with van der Waals surface area (Å²) in [5.41, 5.74) is 5.99. The van der Waals surface area contributed by atoms with Gasteiger partial charge in [-0.15, -0.1) is 11.3 Å². The maximum atomic E-state index is 13.2. The Morgan fingerprint density at radius 1 is 1.33 bits per heavy atom. The van der Waals surface area contributed by atoms with Crippen molar-refractivity contribution in [2.24, 2.45) is 5.92 Å². The van der Waals surface area contributed by atoms with E-state index in [1.165, 1.54) is 17.8 Å². The Labute approximate surface area is 168 Å². The third-order valence-corrected chi connectivity index (χ3v) is 10.7. The maximum absolute atomic E-state index is 13.2. The molecule has 142 valence electrons. The van der Waals surface area contributed by atoms with Crippen LogP contribution in [0.3, 0.4) is 0 Å². The number of thioether (sulfide) groups is 1. The molecule has 5 heterocycles. The fraction of sp³-hybridized carbons (Fsp3) is 0.556. The van der Waals surface area contributed by atoms with Gasteiger partial charge in [-0.05, 0) is 26.2 Å². The number of aryl methyl sites for hydroxylation is 1. The van der Waals surface area contributed by atoms with Crippen LogP contribution in [-0.2, 0) is 10.8 Å². The number of hydrogen-bond acceptors (Lipinski definition) is 7. The van der Waals surface area contributed by atoms with Crippen LogP contribution in [0.1, 0.15) is 54.2 Å². The minimum absolute atomic E-state index is 0.239. The van der Waals surface area contributed by atoms with E-state index in [0.717, 1.165) is 34.3 Å². The normalized spacial score (nSPS) is 33.2. The van der Waals surface area contributed by atoms with Crippen molar-refractivity contribution in [3.05, 3.63) is 44.2 Å². The Kier molecular flexibility index (Phi) is 3.83. The van der Waals surface area contributed by atoms with Crippen molar-refractivity contribution in [1.29, 1.82) is 0 Å². The molecule has 3 aliphatic heterocycles. The third-order valence-electron chi connectivity index (χ3n) is 6.27. The zero-order valence-electron chi connectivity index (χ0n) is 14.9. The number of imidazole rings is 1. The van der Waals surface area contributed by atoms with Crippen molar-refractivity contribution in [3.8, 4) is 0 Å². The Morgan fingerprint density at radius 3 is 2.96 bits per heavy atom.